The minimum absolute atomic E-state index is 0.415. The number of nitrogens with zero attached hydrogens (tertiary/aromatic N) is 3. The van der Waals surface area contributed by atoms with E-state index in [0.717, 1.165) is 19.7 Å². The van der Waals surface area contributed by atoms with Gasteiger partial charge < -0.3 is 9.47 Å². The Morgan fingerprint density at radius 1 is 1.24 bits per heavy atom. The van der Waals surface area contributed by atoms with Crippen LogP contribution >= 0.6 is 0 Å². The van der Waals surface area contributed by atoms with Crippen molar-refractivity contribution in [3.8, 4) is 5.88 Å². The van der Waals surface area contributed by atoms with Crippen LogP contribution in [-0.4, -0.2) is 67.3 Å². The highest BCUT2D eigenvalue weighted by molar-refractivity contribution is 5.18. The number of likely N-dealkylation sites (tertiary alicyclic amines) is 2. The van der Waals surface area contributed by atoms with Gasteiger partial charge in [-0.1, -0.05) is 6.07 Å². The van der Waals surface area contributed by atoms with Gasteiger partial charge in [0.05, 0.1) is 13.7 Å². The maximum absolute atomic E-state index is 5.22. The summed E-state index contributed by atoms with van der Waals surface area (Å²) in [7, 11) is 3.43. The molecule has 1 spiro atoms. The molecule has 5 nitrogen and oxygen atoms in total. The van der Waals surface area contributed by atoms with Gasteiger partial charge in [0.25, 0.3) is 0 Å². The van der Waals surface area contributed by atoms with Crippen LogP contribution in [0.15, 0.2) is 18.3 Å². The SMILES string of the molecule is COCCN1CCC12CCN(Cc1ccc(OC)nc1)C2. The topological polar surface area (TPSA) is 37.8 Å². The highest BCUT2D eigenvalue weighted by Crippen LogP contribution is 2.39. The zero-order chi connectivity index (χ0) is 14.7. The van der Waals surface area contributed by atoms with E-state index in [1.165, 1.54) is 38.0 Å². The first-order valence-corrected chi connectivity index (χ1v) is 7.71. The summed E-state index contributed by atoms with van der Waals surface area (Å²) in [6.07, 6.45) is 4.53. The summed E-state index contributed by atoms with van der Waals surface area (Å²) in [6.45, 7) is 6.45. The largest absolute Gasteiger partial charge is 0.481 e. The van der Waals surface area contributed by atoms with E-state index in [4.69, 9.17) is 9.47 Å². The summed E-state index contributed by atoms with van der Waals surface area (Å²) in [5.74, 6) is 0.682. The highest BCUT2D eigenvalue weighted by Gasteiger charge is 2.48. The van der Waals surface area contributed by atoms with Crippen LogP contribution in [0.1, 0.15) is 18.4 Å². The van der Waals surface area contributed by atoms with Crippen LogP contribution < -0.4 is 4.74 Å². The van der Waals surface area contributed by atoms with Crippen LogP contribution in [-0.2, 0) is 11.3 Å². The Balaban J connectivity index is 1.54. The molecule has 0 aliphatic carbocycles. The Labute approximate surface area is 126 Å². The standard InChI is InChI=1S/C16H25N3O2/c1-20-10-9-19-8-6-16(19)5-7-18(13-16)12-14-3-4-15(21-2)17-11-14/h3-4,11H,5-10,12-13H2,1-2H3. The van der Waals surface area contributed by atoms with Crippen molar-refractivity contribution in [2.24, 2.45) is 0 Å². The smallest absolute Gasteiger partial charge is 0.212 e. The van der Waals surface area contributed by atoms with Crippen molar-refractivity contribution in [3.63, 3.8) is 0 Å². The molecular weight excluding hydrogens is 266 g/mol. The molecule has 0 bridgehead atoms. The second kappa shape index (κ2) is 6.30. The maximum Gasteiger partial charge on any atom is 0.212 e. The lowest BCUT2D eigenvalue weighted by atomic mass is 9.84. The van der Waals surface area contributed by atoms with Crippen molar-refractivity contribution in [1.82, 2.24) is 14.8 Å². The van der Waals surface area contributed by atoms with Gasteiger partial charge in [0.2, 0.25) is 5.88 Å². The molecule has 0 amide bonds. The van der Waals surface area contributed by atoms with E-state index in [9.17, 15) is 0 Å². The zero-order valence-electron chi connectivity index (χ0n) is 13.0. The Hall–Kier alpha value is -1.17. The lowest BCUT2D eigenvalue weighted by molar-refractivity contribution is -0.0227. The number of hydrogen-bond acceptors (Lipinski definition) is 5. The molecule has 0 aromatic carbocycles. The van der Waals surface area contributed by atoms with Crippen molar-refractivity contribution in [3.05, 3.63) is 23.9 Å². The third kappa shape index (κ3) is 3.05. The monoisotopic (exact) mass is 291 g/mol. The molecule has 1 aromatic rings. The summed E-state index contributed by atoms with van der Waals surface area (Å²) in [6, 6.07) is 4.05. The molecular formula is C16H25N3O2. The van der Waals surface area contributed by atoms with E-state index in [1.54, 1.807) is 14.2 Å². The van der Waals surface area contributed by atoms with Crippen LogP contribution in [0, 0.1) is 0 Å². The number of hydrogen-bond donors (Lipinski definition) is 0. The van der Waals surface area contributed by atoms with Crippen LogP contribution in [0.2, 0.25) is 0 Å². The summed E-state index contributed by atoms with van der Waals surface area (Å²) in [5, 5.41) is 0. The molecule has 0 saturated carbocycles. The summed E-state index contributed by atoms with van der Waals surface area (Å²) < 4.78 is 10.3. The van der Waals surface area contributed by atoms with Gasteiger partial charge in [-0.2, -0.15) is 0 Å². The zero-order valence-corrected chi connectivity index (χ0v) is 13.0. The molecule has 1 unspecified atom stereocenters. The van der Waals surface area contributed by atoms with Gasteiger partial charge in [-0.25, -0.2) is 4.98 Å². The second-order valence-corrected chi connectivity index (χ2v) is 6.12. The molecule has 21 heavy (non-hydrogen) atoms. The van der Waals surface area contributed by atoms with Crippen LogP contribution in [0.5, 0.6) is 5.88 Å². The molecule has 5 heteroatoms. The molecule has 0 N–H and O–H groups in total. The molecule has 2 aliphatic rings. The van der Waals surface area contributed by atoms with Crippen molar-refractivity contribution in [2.75, 3.05) is 47.0 Å². The first-order chi connectivity index (χ1) is 10.3. The molecule has 2 fully saturated rings. The highest BCUT2D eigenvalue weighted by atomic mass is 16.5. The van der Waals surface area contributed by atoms with Crippen molar-refractivity contribution in [1.29, 1.82) is 0 Å². The minimum atomic E-state index is 0.415. The van der Waals surface area contributed by atoms with Gasteiger partial charge in [-0.05, 0) is 18.4 Å². The van der Waals surface area contributed by atoms with E-state index < -0.39 is 0 Å². The first kappa shape index (κ1) is 14.8. The van der Waals surface area contributed by atoms with Crippen LogP contribution in [0.3, 0.4) is 0 Å². The normalized spacial score (nSPS) is 26.2. The quantitative estimate of drug-likeness (QED) is 0.792. The van der Waals surface area contributed by atoms with Crippen molar-refractivity contribution < 1.29 is 9.47 Å². The summed E-state index contributed by atoms with van der Waals surface area (Å²) >= 11 is 0. The van der Waals surface area contributed by atoms with E-state index >= 15 is 0 Å². The van der Waals surface area contributed by atoms with E-state index in [0.29, 0.717) is 11.4 Å². The number of aromatic nitrogens is 1. The molecule has 3 heterocycles. The molecule has 2 aliphatic heterocycles. The second-order valence-electron chi connectivity index (χ2n) is 6.12. The van der Waals surface area contributed by atoms with Gasteiger partial charge >= 0.3 is 0 Å². The van der Waals surface area contributed by atoms with E-state index in [2.05, 4.69) is 20.9 Å². The van der Waals surface area contributed by atoms with Crippen molar-refractivity contribution in [2.45, 2.75) is 24.9 Å². The number of pyridine rings is 1. The molecule has 2 saturated heterocycles. The fourth-order valence-electron chi connectivity index (χ4n) is 3.56. The Morgan fingerprint density at radius 3 is 2.71 bits per heavy atom. The fourth-order valence-corrected chi connectivity index (χ4v) is 3.56. The average Bonchev–Trinajstić information content (AvgIpc) is 2.94. The number of methoxy groups -OCH3 is 2. The molecule has 0 radical (unpaired) electrons. The summed E-state index contributed by atoms with van der Waals surface area (Å²) in [5.41, 5.74) is 1.67. The molecule has 116 valence electrons. The van der Waals surface area contributed by atoms with Crippen LogP contribution in [0.4, 0.5) is 0 Å². The first-order valence-electron chi connectivity index (χ1n) is 7.71. The average molecular weight is 291 g/mol. The summed E-state index contributed by atoms with van der Waals surface area (Å²) in [4.78, 5) is 9.43. The number of rotatable bonds is 6. The van der Waals surface area contributed by atoms with Gasteiger partial charge in [-0.3, -0.25) is 9.80 Å². The Kier molecular flexibility index (Phi) is 4.42. The van der Waals surface area contributed by atoms with Gasteiger partial charge in [0, 0.05) is 57.6 Å². The van der Waals surface area contributed by atoms with Crippen LogP contribution in [0.25, 0.3) is 0 Å². The minimum Gasteiger partial charge on any atom is -0.481 e. The lowest BCUT2D eigenvalue weighted by Crippen LogP contribution is -2.61. The van der Waals surface area contributed by atoms with Gasteiger partial charge in [-0.15, -0.1) is 0 Å². The van der Waals surface area contributed by atoms with E-state index in [1.807, 2.05) is 12.3 Å². The van der Waals surface area contributed by atoms with E-state index in [-0.39, 0.29) is 0 Å². The predicted octanol–water partition coefficient (Wildman–Crippen LogP) is 1.39. The number of ether oxygens (including phenoxy) is 2. The molecule has 3 rings (SSSR count). The fraction of sp³-hybridized carbons (Fsp3) is 0.688. The predicted molar refractivity (Wildman–Crippen MR) is 81.5 cm³/mol. The van der Waals surface area contributed by atoms with Crippen molar-refractivity contribution >= 4 is 0 Å². The Bertz CT molecular complexity index is 465. The molecule has 1 aromatic heterocycles. The lowest BCUT2D eigenvalue weighted by Gasteiger charge is -2.51. The molecule has 1 atom stereocenters. The third-order valence-corrected chi connectivity index (χ3v) is 4.91. The van der Waals surface area contributed by atoms with Gasteiger partial charge in [0.15, 0.2) is 0 Å². The van der Waals surface area contributed by atoms with Gasteiger partial charge in [0.1, 0.15) is 0 Å². The Morgan fingerprint density at radius 2 is 2.10 bits per heavy atom. The third-order valence-electron chi connectivity index (χ3n) is 4.91. The maximum atomic E-state index is 5.22.